The lowest BCUT2D eigenvalue weighted by atomic mass is 10.4. The molecule has 1 rings (SSSR count). The molecular weight excluding hydrogens is 218 g/mol. The summed E-state index contributed by atoms with van der Waals surface area (Å²) < 4.78 is 10.4. The van der Waals surface area contributed by atoms with Crippen LogP contribution in [0.2, 0.25) is 0 Å². The van der Waals surface area contributed by atoms with E-state index in [1.807, 2.05) is 13.0 Å². The number of hydrogen-bond donors (Lipinski definition) is 1. The zero-order valence-electron chi connectivity index (χ0n) is 10.4. The van der Waals surface area contributed by atoms with Gasteiger partial charge in [-0.3, -0.25) is 0 Å². The molecule has 0 aromatic carbocycles. The van der Waals surface area contributed by atoms with Crippen LogP contribution in [0.1, 0.15) is 12.1 Å². The Hall–Kier alpha value is -1.62. The molecule has 0 radical (unpaired) electrons. The van der Waals surface area contributed by atoms with Crippen molar-refractivity contribution < 1.29 is 9.47 Å². The Balaban J connectivity index is 2.31. The minimum Gasteiger partial charge on any atom is -0.481 e. The van der Waals surface area contributed by atoms with Gasteiger partial charge in [-0.1, -0.05) is 6.08 Å². The van der Waals surface area contributed by atoms with Gasteiger partial charge < -0.3 is 14.8 Å². The number of aryl methyl sites for hydroxylation is 1. The maximum absolute atomic E-state index is 5.36. The predicted octanol–water partition coefficient (Wildman–Crippen LogP) is 1.80. The van der Waals surface area contributed by atoms with Gasteiger partial charge in [0.2, 0.25) is 11.8 Å². The fourth-order valence-electron chi connectivity index (χ4n) is 1.23. The van der Waals surface area contributed by atoms with Crippen LogP contribution in [0.4, 0.5) is 5.95 Å². The lowest BCUT2D eigenvalue weighted by molar-refractivity contribution is 0.148. The molecule has 0 atom stereocenters. The third kappa shape index (κ3) is 5.31. The second-order valence-electron chi connectivity index (χ2n) is 3.49. The summed E-state index contributed by atoms with van der Waals surface area (Å²) in [4.78, 5) is 8.41. The Morgan fingerprint density at radius 1 is 1.41 bits per heavy atom. The van der Waals surface area contributed by atoms with Crippen molar-refractivity contribution >= 4 is 5.95 Å². The van der Waals surface area contributed by atoms with Crippen LogP contribution < -0.4 is 10.1 Å². The van der Waals surface area contributed by atoms with Gasteiger partial charge >= 0.3 is 0 Å². The maximum atomic E-state index is 5.36. The highest BCUT2D eigenvalue weighted by Gasteiger charge is 2.01. The molecule has 0 bridgehead atoms. The van der Waals surface area contributed by atoms with Crippen LogP contribution in [0.5, 0.6) is 5.88 Å². The minimum atomic E-state index is 0.563. The monoisotopic (exact) mass is 237 g/mol. The Kier molecular flexibility index (Phi) is 6.03. The highest BCUT2D eigenvalue weighted by Crippen LogP contribution is 2.10. The molecule has 0 aliphatic heterocycles. The number of ether oxygens (including phenoxy) is 2. The Morgan fingerprint density at radius 2 is 2.24 bits per heavy atom. The lowest BCUT2D eigenvalue weighted by Crippen LogP contribution is -2.12. The van der Waals surface area contributed by atoms with Crippen molar-refractivity contribution in [1.82, 2.24) is 9.97 Å². The third-order valence-electron chi connectivity index (χ3n) is 2.04. The van der Waals surface area contributed by atoms with Crippen molar-refractivity contribution in [3.63, 3.8) is 0 Å². The first-order valence-corrected chi connectivity index (χ1v) is 5.58. The first-order valence-electron chi connectivity index (χ1n) is 5.58. The van der Waals surface area contributed by atoms with Gasteiger partial charge in [-0.25, -0.2) is 4.98 Å². The van der Waals surface area contributed by atoms with E-state index in [1.165, 1.54) is 0 Å². The molecule has 94 valence electrons. The van der Waals surface area contributed by atoms with Crippen molar-refractivity contribution in [3.8, 4) is 5.88 Å². The second-order valence-corrected chi connectivity index (χ2v) is 3.49. The van der Waals surface area contributed by atoms with Crippen molar-refractivity contribution in [2.45, 2.75) is 13.3 Å². The van der Waals surface area contributed by atoms with Crippen molar-refractivity contribution in [2.75, 3.05) is 32.2 Å². The Bertz CT molecular complexity index is 356. The summed E-state index contributed by atoms with van der Waals surface area (Å²) in [5.74, 6) is 1.13. The van der Waals surface area contributed by atoms with Crippen LogP contribution in [-0.4, -0.2) is 36.8 Å². The third-order valence-corrected chi connectivity index (χ3v) is 2.04. The van der Waals surface area contributed by atoms with Gasteiger partial charge in [0.15, 0.2) is 0 Å². The summed E-state index contributed by atoms with van der Waals surface area (Å²) in [7, 11) is 1.59. The molecule has 0 aliphatic rings. The number of nitrogens with one attached hydrogen (secondary N) is 1. The van der Waals surface area contributed by atoms with E-state index in [1.54, 1.807) is 13.2 Å². The average Bonchev–Trinajstić information content (AvgIpc) is 2.33. The second kappa shape index (κ2) is 7.62. The van der Waals surface area contributed by atoms with Crippen molar-refractivity contribution in [2.24, 2.45) is 0 Å². The normalized spacial score (nSPS) is 10.0. The molecular formula is C12H19N3O2. The van der Waals surface area contributed by atoms with E-state index in [2.05, 4.69) is 21.9 Å². The van der Waals surface area contributed by atoms with Crippen LogP contribution in [-0.2, 0) is 4.74 Å². The van der Waals surface area contributed by atoms with E-state index in [9.17, 15) is 0 Å². The molecule has 0 saturated heterocycles. The SMILES string of the molecule is C=CCCOCCNc1nc(C)cc(OC)n1. The van der Waals surface area contributed by atoms with E-state index in [0.717, 1.165) is 12.1 Å². The molecule has 1 aromatic heterocycles. The number of anilines is 1. The molecule has 1 N–H and O–H groups in total. The van der Waals surface area contributed by atoms with Gasteiger partial charge in [0.1, 0.15) is 0 Å². The molecule has 0 spiro atoms. The maximum Gasteiger partial charge on any atom is 0.226 e. The molecule has 5 nitrogen and oxygen atoms in total. The fourth-order valence-corrected chi connectivity index (χ4v) is 1.23. The Labute approximate surface area is 102 Å². The summed E-state index contributed by atoms with van der Waals surface area (Å²) in [5.41, 5.74) is 0.868. The van der Waals surface area contributed by atoms with E-state index in [0.29, 0.717) is 31.6 Å². The van der Waals surface area contributed by atoms with Gasteiger partial charge in [0, 0.05) is 18.3 Å². The van der Waals surface area contributed by atoms with E-state index >= 15 is 0 Å². The topological polar surface area (TPSA) is 56.3 Å². The fraction of sp³-hybridized carbons (Fsp3) is 0.500. The average molecular weight is 237 g/mol. The van der Waals surface area contributed by atoms with Crippen molar-refractivity contribution in [1.29, 1.82) is 0 Å². The predicted molar refractivity (Wildman–Crippen MR) is 67.4 cm³/mol. The molecule has 1 aromatic rings. The van der Waals surface area contributed by atoms with Gasteiger partial charge in [-0.15, -0.1) is 6.58 Å². The molecule has 17 heavy (non-hydrogen) atoms. The highest BCUT2D eigenvalue weighted by atomic mass is 16.5. The lowest BCUT2D eigenvalue weighted by Gasteiger charge is -2.07. The van der Waals surface area contributed by atoms with E-state index in [4.69, 9.17) is 9.47 Å². The van der Waals surface area contributed by atoms with Crippen LogP contribution in [0, 0.1) is 6.92 Å². The number of aromatic nitrogens is 2. The summed E-state index contributed by atoms with van der Waals surface area (Å²) >= 11 is 0. The first kappa shape index (κ1) is 13.4. The molecule has 0 fully saturated rings. The van der Waals surface area contributed by atoms with Crippen LogP contribution in [0.25, 0.3) is 0 Å². The standard InChI is InChI=1S/C12H19N3O2/c1-4-5-7-17-8-6-13-12-14-10(2)9-11(15-12)16-3/h4,9H,1,5-8H2,2-3H3,(H,13,14,15). The minimum absolute atomic E-state index is 0.563. The molecule has 0 unspecified atom stereocenters. The molecule has 5 heteroatoms. The number of rotatable bonds is 8. The first-order chi connectivity index (χ1) is 8.26. The van der Waals surface area contributed by atoms with Crippen molar-refractivity contribution in [3.05, 3.63) is 24.4 Å². The summed E-state index contributed by atoms with van der Waals surface area (Å²) in [6, 6.07) is 1.78. The van der Waals surface area contributed by atoms with Gasteiger partial charge in [-0.05, 0) is 13.3 Å². The zero-order valence-corrected chi connectivity index (χ0v) is 10.4. The van der Waals surface area contributed by atoms with Crippen LogP contribution in [0.3, 0.4) is 0 Å². The largest absolute Gasteiger partial charge is 0.481 e. The number of nitrogens with zero attached hydrogens (tertiary/aromatic N) is 2. The quantitative estimate of drug-likeness (QED) is 0.552. The molecule has 1 heterocycles. The van der Waals surface area contributed by atoms with Gasteiger partial charge in [0.25, 0.3) is 0 Å². The van der Waals surface area contributed by atoms with Crippen LogP contribution >= 0.6 is 0 Å². The molecule has 0 aliphatic carbocycles. The van der Waals surface area contributed by atoms with Gasteiger partial charge in [-0.2, -0.15) is 4.98 Å². The summed E-state index contributed by atoms with van der Waals surface area (Å²) in [5, 5.41) is 3.08. The van der Waals surface area contributed by atoms with E-state index < -0.39 is 0 Å². The molecule has 0 amide bonds. The molecule has 0 saturated carbocycles. The van der Waals surface area contributed by atoms with Gasteiger partial charge in [0.05, 0.1) is 20.3 Å². The zero-order chi connectivity index (χ0) is 12.5. The summed E-state index contributed by atoms with van der Waals surface area (Å²) in [6.07, 6.45) is 2.71. The highest BCUT2D eigenvalue weighted by molar-refractivity contribution is 5.30. The van der Waals surface area contributed by atoms with E-state index in [-0.39, 0.29) is 0 Å². The summed E-state index contributed by atoms with van der Waals surface area (Å²) in [6.45, 7) is 7.51. The number of hydrogen-bond acceptors (Lipinski definition) is 5. The Morgan fingerprint density at radius 3 is 2.94 bits per heavy atom. The van der Waals surface area contributed by atoms with Crippen LogP contribution in [0.15, 0.2) is 18.7 Å². The smallest absolute Gasteiger partial charge is 0.226 e. The number of methoxy groups -OCH3 is 1.